The first-order chi connectivity index (χ1) is 8.16. The van der Waals surface area contributed by atoms with Gasteiger partial charge in [0.25, 0.3) is 0 Å². The van der Waals surface area contributed by atoms with E-state index >= 15 is 0 Å². The standard InChI is InChI=1S/C11H12ClN3OS/c12-8-3-9(13)11(14-4-8)15-5-10(16)7-1-2-17-6-7/h1-4,6,10,16H,5,13H2,(H,14,15). The number of nitrogens with zero attached hydrogens (tertiary/aromatic N) is 1. The molecule has 1 unspecified atom stereocenters. The predicted molar refractivity (Wildman–Crippen MR) is 71.4 cm³/mol. The fourth-order valence-electron chi connectivity index (χ4n) is 1.38. The van der Waals surface area contributed by atoms with Crippen LogP contribution in [0.2, 0.25) is 5.02 Å². The maximum absolute atomic E-state index is 9.87. The van der Waals surface area contributed by atoms with Gasteiger partial charge in [0.15, 0.2) is 0 Å². The third-order valence-corrected chi connectivity index (χ3v) is 3.18. The Labute approximate surface area is 108 Å². The van der Waals surface area contributed by atoms with Crippen molar-refractivity contribution in [3.63, 3.8) is 0 Å². The van der Waals surface area contributed by atoms with Crippen LogP contribution < -0.4 is 11.1 Å². The Morgan fingerprint density at radius 2 is 2.41 bits per heavy atom. The van der Waals surface area contributed by atoms with E-state index in [1.54, 1.807) is 17.4 Å². The normalized spacial score (nSPS) is 12.4. The second kappa shape index (κ2) is 5.35. The molecule has 0 saturated heterocycles. The van der Waals surface area contributed by atoms with Gasteiger partial charge in [-0.05, 0) is 28.5 Å². The molecule has 4 N–H and O–H groups in total. The Balaban J connectivity index is 1.98. The van der Waals surface area contributed by atoms with E-state index in [1.807, 2.05) is 16.8 Å². The van der Waals surface area contributed by atoms with Crippen LogP contribution in [0.25, 0.3) is 0 Å². The second-order valence-electron chi connectivity index (χ2n) is 3.54. The summed E-state index contributed by atoms with van der Waals surface area (Å²) in [5.74, 6) is 0.531. The summed E-state index contributed by atoms with van der Waals surface area (Å²) in [6.07, 6.45) is 0.940. The van der Waals surface area contributed by atoms with Crippen LogP contribution in [-0.4, -0.2) is 16.6 Å². The first-order valence-electron chi connectivity index (χ1n) is 5.02. The molecule has 0 aromatic carbocycles. The molecule has 17 heavy (non-hydrogen) atoms. The van der Waals surface area contributed by atoms with Gasteiger partial charge in [0.05, 0.1) is 16.8 Å². The lowest BCUT2D eigenvalue weighted by molar-refractivity contribution is 0.192. The summed E-state index contributed by atoms with van der Waals surface area (Å²) >= 11 is 7.29. The van der Waals surface area contributed by atoms with E-state index in [2.05, 4.69) is 10.3 Å². The van der Waals surface area contributed by atoms with Crippen molar-refractivity contribution in [1.82, 2.24) is 4.98 Å². The molecule has 4 nitrogen and oxygen atoms in total. The lowest BCUT2D eigenvalue weighted by atomic mass is 10.2. The third kappa shape index (κ3) is 3.09. The average molecular weight is 270 g/mol. The monoisotopic (exact) mass is 269 g/mol. The number of hydrogen-bond acceptors (Lipinski definition) is 5. The molecule has 2 aromatic heterocycles. The lowest BCUT2D eigenvalue weighted by Gasteiger charge is -2.12. The number of nitrogens with one attached hydrogen (secondary N) is 1. The summed E-state index contributed by atoms with van der Waals surface area (Å²) in [7, 11) is 0. The summed E-state index contributed by atoms with van der Waals surface area (Å²) in [5.41, 5.74) is 7.09. The summed E-state index contributed by atoms with van der Waals surface area (Å²) < 4.78 is 0. The zero-order valence-electron chi connectivity index (χ0n) is 8.93. The van der Waals surface area contributed by atoms with E-state index in [0.29, 0.717) is 23.1 Å². The molecule has 2 rings (SSSR count). The van der Waals surface area contributed by atoms with Crippen LogP contribution in [-0.2, 0) is 0 Å². The number of pyridine rings is 1. The smallest absolute Gasteiger partial charge is 0.149 e. The van der Waals surface area contributed by atoms with Crippen molar-refractivity contribution in [3.05, 3.63) is 39.7 Å². The Morgan fingerprint density at radius 1 is 1.59 bits per heavy atom. The molecule has 0 saturated carbocycles. The molecular weight excluding hydrogens is 258 g/mol. The SMILES string of the molecule is Nc1cc(Cl)cnc1NCC(O)c1ccsc1. The third-order valence-electron chi connectivity index (χ3n) is 2.27. The minimum absolute atomic E-state index is 0.357. The van der Waals surface area contributed by atoms with Crippen molar-refractivity contribution in [2.45, 2.75) is 6.10 Å². The minimum Gasteiger partial charge on any atom is -0.396 e. The molecule has 90 valence electrons. The highest BCUT2D eigenvalue weighted by Crippen LogP contribution is 2.21. The molecule has 6 heteroatoms. The van der Waals surface area contributed by atoms with Crippen LogP contribution >= 0.6 is 22.9 Å². The molecule has 0 aliphatic heterocycles. The highest BCUT2D eigenvalue weighted by atomic mass is 35.5. The number of hydrogen-bond donors (Lipinski definition) is 3. The quantitative estimate of drug-likeness (QED) is 0.798. The number of aliphatic hydroxyl groups excluding tert-OH is 1. The number of thiophene rings is 1. The van der Waals surface area contributed by atoms with Crippen molar-refractivity contribution in [1.29, 1.82) is 0 Å². The Hall–Kier alpha value is -1.30. The summed E-state index contributed by atoms with van der Waals surface area (Å²) in [4.78, 5) is 4.05. The van der Waals surface area contributed by atoms with Gasteiger partial charge in [0.1, 0.15) is 5.82 Å². The van der Waals surface area contributed by atoms with Crippen LogP contribution in [0.1, 0.15) is 11.7 Å². The van der Waals surface area contributed by atoms with Gasteiger partial charge in [0.2, 0.25) is 0 Å². The van der Waals surface area contributed by atoms with Gasteiger partial charge < -0.3 is 16.2 Å². The number of anilines is 2. The molecule has 0 radical (unpaired) electrons. The fraction of sp³-hybridized carbons (Fsp3) is 0.182. The van der Waals surface area contributed by atoms with Crippen molar-refractivity contribution in [2.75, 3.05) is 17.6 Å². The predicted octanol–water partition coefficient (Wildman–Crippen LogP) is 2.52. The van der Waals surface area contributed by atoms with Crippen LogP contribution in [0, 0.1) is 0 Å². The van der Waals surface area contributed by atoms with Crippen LogP contribution in [0.3, 0.4) is 0 Å². The van der Waals surface area contributed by atoms with Gasteiger partial charge in [-0.2, -0.15) is 11.3 Å². The summed E-state index contributed by atoms with van der Waals surface area (Å²) in [5, 5.41) is 17.2. The zero-order chi connectivity index (χ0) is 12.3. The largest absolute Gasteiger partial charge is 0.396 e. The van der Waals surface area contributed by atoms with Gasteiger partial charge >= 0.3 is 0 Å². The van der Waals surface area contributed by atoms with E-state index in [4.69, 9.17) is 17.3 Å². The van der Waals surface area contributed by atoms with Crippen molar-refractivity contribution >= 4 is 34.4 Å². The maximum Gasteiger partial charge on any atom is 0.149 e. The number of aliphatic hydroxyl groups is 1. The number of rotatable bonds is 4. The molecule has 0 aliphatic rings. The second-order valence-corrected chi connectivity index (χ2v) is 4.76. The van der Waals surface area contributed by atoms with Gasteiger partial charge in [-0.25, -0.2) is 4.98 Å². The Morgan fingerprint density at radius 3 is 3.06 bits per heavy atom. The first kappa shape index (κ1) is 12.2. The number of nitrogen functional groups attached to an aromatic ring is 1. The number of nitrogens with two attached hydrogens (primary N) is 1. The van der Waals surface area contributed by atoms with Crippen molar-refractivity contribution in [3.8, 4) is 0 Å². The van der Waals surface area contributed by atoms with E-state index in [-0.39, 0.29) is 0 Å². The van der Waals surface area contributed by atoms with Gasteiger partial charge in [0, 0.05) is 12.7 Å². The highest BCUT2D eigenvalue weighted by molar-refractivity contribution is 7.07. The van der Waals surface area contributed by atoms with E-state index in [0.717, 1.165) is 5.56 Å². The number of halogens is 1. The zero-order valence-corrected chi connectivity index (χ0v) is 10.5. The molecule has 0 spiro atoms. The molecule has 0 amide bonds. The number of aromatic nitrogens is 1. The van der Waals surface area contributed by atoms with Gasteiger partial charge in [-0.15, -0.1) is 0 Å². The van der Waals surface area contributed by atoms with E-state index in [1.165, 1.54) is 6.20 Å². The summed E-state index contributed by atoms with van der Waals surface area (Å²) in [6, 6.07) is 3.50. The Bertz CT molecular complexity index is 489. The molecule has 1 atom stereocenters. The fourth-order valence-corrected chi connectivity index (χ4v) is 2.25. The lowest BCUT2D eigenvalue weighted by Crippen LogP contribution is -2.13. The molecular formula is C11H12ClN3OS. The van der Waals surface area contributed by atoms with Crippen LogP contribution in [0.15, 0.2) is 29.1 Å². The van der Waals surface area contributed by atoms with Crippen molar-refractivity contribution < 1.29 is 5.11 Å². The molecule has 0 bridgehead atoms. The van der Waals surface area contributed by atoms with E-state index in [9.17, 15) is 5.11 Å². The van der Waals surface area contributed by atoms with Crippen LogP contribution in [0.4, 0.5) is 11.5 Å². The maximum atomic E-state index is 9.87. The average Bonchev–Trinajstić information content (AvgIpc) is 2.81. The van der Waals surface area contributed by atoms with Crippen molar-refractivity contribution in [2.24, 2.45) is 0 Å². The molecule has 0 aliphatic carbocycles. The van der Waals surface area contributed by atoms with Gasteiger partial charge in [-0.3, -0.25) is 0 Å². The summed E-state index contributed by atoms with van der Waals surface area (Å²) in [6.45, 7) is 0.357. The minimum atomic E-state index is -0.571. The molecule has 2 heterocycles. The molecule has 2 aromatic rings. The highest BCUT2D eigenvalue weighted by Gasteiger charge is 2.09. The molecule has 0 fully saturated rings. The Kier molecular flexibility index (Phi) is 3.83. The topological polar surface area (TPSA) is 71.2 Å². The van der Waals surface area contributed by atoms with Gasteiger partial charge in [-0.1, -0.05) is 11.6 Å². The van der Waals surface area contributed by atoms with E-state index < -0.39 is 6.10 Å². The first-order valence-corrected chi connectivity index (χ1v) is 6.34. The van der Waals surface area contributed by atoms with Crippen LogP contribution in [0.5, 0.6) is 0 Å².